The summed E-state index contributed by atoms with van der Waals surface area (Å²) in [5, 5.41) is 0. The van der Waals surface area contributed by atoms with Crippen LogP contribution in [0.4, 0.5) is 0 Å². The molecule has 0 amide bonds. The summed E-state index contributed by atoms with van der Waals surface area (Å²) in [5.41, 5.74) is 1.44. The van der Waals surface area contributed by atoms with Gasteiger partial charge in [-0.05, 0) is 12.1 Å². The summed E-state index contributed by atoms with van der Waals surface area (Å²) < 4.78 is 15.5. The van der Waals surface area contributed by atoms with Crippen molar-refractivity contribution in [1.82, 2.24) is 0 Å². The van der Waals surface area contributed by atoms with Crippen molar-refractivity contribution in [2.45, 2.75) is 6.61 Å². The van der Waals surface area contributed by atoms with E-state index in [-0.39, 0.29) is 12.4 Å². The third kappa shape index (κ3) is 1.57. The third-order valence-corrected chi connectivity index (χ3v) is 2.43. The molecule has 0 radical (unpaired) electrons. The lowest BCUT2D eigenvalue weighted by Crippen LogP contribution is -2.19. The molecule has 15 heavy (non-hydrogen) atoms. The fraction of sp³-hybridized carbons (Fsp3) is 0.364. The zero-order valence-electron chi connectivity index (χ0n) is 8.70. The van der Waals surface area contributed by atoms with Crippen molar-refractivity contribution in [2.24, 2.45) is 0 Å². The van der Waals surface area contributed by atoms with Gasteiger partial charge in [0, 0.05) is 11.1 Å². The lowest BCUT2D eigenvalue weighted by Gasteiger charge is -2.19. The molecule has 0 N–H and O–H groups in total. The number of ketones is 1. The Bertz CT molecular complexity index is 398. The molecule has 1 aliphatic rings. The quantitative estimate of drug-likeness (QED) is 0.737. The summed E-state index contributed by atoms with van der Waals surface area (Å²) in [5.74, 6) is 1.19. The van der Waals surface area contributed by atoms with Crippen molar-refractivity contribution < 1.29 is 19.0 Å². The van der Waals surface area contributed by atoms with Crippen molar-refractivity contribution in [3.05, 3.63) is 23.3 Å². The van der Waals surface area contributed by atoms with E-state index in [1.165, 1.54) is 0 Å². The van der Waals surface area contributed by atoms with Gasteiger partial charge in [-0.2, -0.15) is 0 Å². The molecule has 0 fully saturated rings. The summed E-state index contributed by atoms with van der Waals surface area (Å²) in [6.07, 6.45) is 0. The molecule has 0 aliphatic carbocycles. The van der Waals surface area contributed by atoms with Gasteiger partial charge in [-0.15, -0.1) is 0 Å². The monoisotopic (exact) mass is 208 g/mol. The summed E-state index contributed by atoms with van der Waals surface area (Å²) in [4.78, 5) is 11.5. The van der Waals surface area contributed by atoms with Gasteiger partial charge in [-0.3, -0.25) is 4.79 Å². The molecule has 1 heterocycles. The topological polar surface area (TPSA) is 44.8 Å². The zero-order chi connectivity index (χ0) is 10.8. The van der Waals surface area contributed by atoms with Gasteiger partial charge >= 0.3 is 0 Å². The number of Topliss-reactive ketones (excluding diaryl/α,β-unsaturated/α-hetero) is 1. The van der Waals surface area contributed by atoms with E-state index in [2.05, 4.69) is 0 Å². The van der Waals surface area contributed by atoms with Crippen LogP contribution >= 0.6 is 0 Å². The minimum absolute atomic E-state index is 0.0165. The molecule has 2 rings (SSSR count). The van der Waals surface area contributed by atoms with Gasteiger partial charge in [0.1, 0.15) is 6.61 Å². The van der Waals surface area contributed by atoms with Crippen LogP contribution in [0.3, 0.4) is 0 Å². The van der Waals surface area contributed by atoms with E-state index in [1.807, 2.05) is 0 Å². The lowest BCUT2D eigenvalue weighted by molar-refractivity contribution is 0.0657. The summed E-state index contributed by atoms with van der Waals surface area (Å²) in [6.45, 7) is 0.532. The predicted molar refractivity (Wildman–Crippen MR) is 53.5 cm³/mol. The Labute approximate surface area is 87.8 Å². The minimum Gasteiger partial charge on any atom is -0.493 e. The van der Waals surface area contributed by atoms with Crippen LogP contribution in [0.2, 0.25) is 0 Å². The van der Waals surface area contributed by atoms with Gasteiger partial charge in [0.25, 0.3) is 0 Å². The molecule has 1 aromatic carbocycles. The molecule has 0 saturated heterocycles. The standard InChI is InChI=1S/C11H12O4/c1-13-10-4-3-7-8(11(10)14-2)5-15-6-9(7)12/h3-4H,5-6H2,1-2H3. The van der Waals surface area contributed by atoms with Crippen LogP contribution in [-0.4, -0.2) is 26.6 Å². The smallest absolute Gasteiger partial charge is 0.188 e. The first-order valence-corrected chi connectivity index (χ1v) is 4.62. The van der Waals surface area contributed by atoms with E-state index in [0.29, 0.717) is 23.7 Å². The summed E-state index contributed by atoms with van der Waals surface area (Å²) in [7, 11) is 3.12. The number of benzene rings is 1. The molecular weight excluding hydrogens is 196 g/mol. The maximum Gasteiger partial charge on any atom is 0.188 e. The average molecular weight is 208 g/mol. The molecule has 0 saturated carbocycles. The number of methoxy groups -OCH3 is 2. The molecule has 1 aliphatic heterocycles. The number of carbonyl (C=O) groups is 1. The lowest BCUT2D eigenvalue weighted by atomic mass is 10.0. The second-order valence-electron chi connectivity index (χ2n) is 3.24. The maximum absolute atomic E-state index is 11.5. The molecule has 0 bridgehead atoms. The van der Waals surface area contributed by atoms with Crippen LogP contribution in [-0.2, 0) is 11.3 Å². The van der Waals surface area contributed by atoms with Gasteiger partial charge in [0.2, 0.25) is 0 Å². The maximum atomic E-state index is 11.5. The zero-order valence-corrected chi connectivity index (χ0v) is 8.70. The van der Waals surface area contributed by atoms with Gasteiger partial charge in [0.05, 0.1) is 20.8 Å². The number of fused-ring (bicyclic) bond motifs is 1. The summed E-state index contributed by atoms with van der Waals surface area (Å²) >= 11 is 0. The molecular formula is C11H12O4. The Hall–Kier alpha value is -1.55. The highest BCUT2D eigenvalue weighted by Crippen LogP contribution is 2.35. The minimum atomic E-state index is -0.0165. The largest absolute Gasteiger partial charge is 0.493 e. The Morgan fingerprint density at radius 3 is 2.67 bits per heavy atom. The van der Waals surface area contributed by atoms with Crippen molar-refractivity contribution in [3.63, 3.8) is 0 Å². The average Bonchev–Trinajstić information content (AvgIpc) is 2.28. The Kier molecular flexibility index (Phi) is 2.60. The normalized spacial score (nSPS) is 14.7. The highest BCUT2D eigenvalue weighted by molar-refractivity contribution is 6.00. The second-order valence-corrected chi connectivity index (χ2v) is 3.24. The highest BCUT2D eigenvalue weighted by atomic mass is 16.5. The molecule has 4 nitrogen and oxygen atoms in total. The van der Waals surface area contributed by atoms with E-state index in [1.54, 1.807) is 26.4 Å². The van der Waals surface area contributed by atoms with Crippen LogP contribution in [0.1, 0.15) is 15.9 Å². The van der Waals surface area contributed by atoms with Gasteiger partial charge < -0.3 is 14.2 Å². The number of hydrogen-bond donors (Lipinski definition) is 0. The number of carbonyl (C=O) groups excluding carboxylic acids is 1. The predicted octanol–water partition coefficient (Wildman–Crippen LogP) is 1.42. The third-order valence-electron chi connectivity index (χ3n) is 2.43. The first-order valence-electron chi connectivity index (χ1n) is 4.62. The second kappa shape index (κ2) is 3.90. The first kappa shape index (κ1) is 9.98. The van der Waals surface area contributed by atoms with Gasteiger partial charge in [-0.25, -0.2) is 0 Å². The van der Waals surface area contributed by atoms with Crippen LogP contribution in [0.5, 0.6) is 11.5 Å². The molecule has 0 atom stereocenters. The van der Waals surface area contributed by atoms with Crippen molar-refractivity contribution >= 4 is 5.78 Å². The molecule has 0 unspecified atom stereocenters. The van der Waals surface area contributed by atoms with E-state index >= 15 is 0 Å². The van der Waals surface area contributed by atoms with Crippen molar-refractivity contribution in [3.8, 4) is 11.5 Å². The Morgan fingerprint density at radius 2 is 2.00 bits per heavy atom. The van der Waals surface area contributed by atoms with Crippen LogP contribution in [0.15, 0.2) is 12.1 Å². The van der Waals surface area contributed by atoms with E-state index in [4.69, 9.17) is 14.2 Å². The summed E-state index contributed by atoms with van der Waals surface area (Å²) in [6, 6.07) is 3.49. The van der Waals surface area contributed by atoms with E-state index in [9.17, 15) is 4.79 Å². The fourth-order valence-electron chi connectivity index (χ4n) is 1.72. The van der Waals surface area contributed by atoms with Gasteiger partial charge in [-0.1, -0.05) is 0 Å². The Morgan fingerprint density at radius 1 is 1.20 bits per heavy atom. The van der Waals surface area contributed by atoms with Crippen molar-refractivity contribution in [2.75, 3.05) is 20.8 Å². The number of hydrogen-bond acceptors (Lipinski definition) is 4. The Balaban J connectivity index is 2.58. The van der Waals surface area contributed by atoms with Crippen LogP contribution < -0.4 is 9.47 Å². The van der Waals surface area contributed by atoms with E-state index < -0.39 is 0 Å². The molecule has 4 heteroatoms. The van der Waals surface area contributed by atoms with Gasteiger partial charge in [0.15, 0.2) is 17.3 Å². The van der Waals surface area contributed by atoms with Crippen LogP contribution in [0, 0.1) is 0 Å². The number of ether oxygens (including phenoxy) is 3. The molecule has 0 aromatic heterocycles. The molecule has 0 spiro atoms. The first-order chi connectivity index (χ1) is 7.27. The van der Waals surface area contributed by atoms with Crippen molar-refractivity contribution in [1.29, 1.82) is 0 Å². The molecule has 1 aromatic rings. The fourth-order valence-corrected chi connectivity index (χ4v) is 1.72. The molecule has 80 valence electrons. The highest BCUT2D eigenvalue weighted by Gasteiger charge is 2.23. The number of rotatable bonds is 2. The SMILES string of the molecule is COc1ccc2c(c1OC)COCC2=O. The van der Waals surface area contributed by atoms with Crippen LogP contribution in [0.25, 0.3) is 0 Å². The van der Waals surface area contributed by atoms with E-state index in [0.717, 1.165) is 5.56 Å².